The standard InChI is InChI=1S/C17H18N4O4/c22-17(12-25-15-4-2-1-3-5-15)20-9-8-13(11-20)19-16-7-6-14(10-18-16)21(23)24/h1-7,10,13H,8-9,11-12H2,(H,18,19)/t13-/m1/s1. The Morgan fingerprint density at radius 1 is 1.32 bits per heavy atom. The van der Waals surface area contributed by atoms with E-state index in [9.17, 15) is 14.9 Å². The number of aromatic nitrogens is 1. The summed E-state index contributed by atoms with van der Waals surface area (Å²) in [5.41, 5.74) is -0.0492. The van der Waals surface area contributed by atoms with Gasteiger partial charge in [0.15, 0.2) is 6.61 Å². The first-order valence-electron chi connectivity index (χ1n) is 7.94. The van der Waals surface area contributed by atoms with Crippen molar-refractivity contribution >= 4 is 17.4 Å². The number of nitrogens with one attached hydrogen (secondary N) is 1. The smallest absolute Gasteiger partial charge is 0.287 e. The van der Waals surface area contributed by atoms with Gasteiger partial charge in [0.25, 0.3) is 11.6 Å². The van der Waals surface area contributed by atoms with Gasteiger partial charge in [0, 0.05) is 25.2 Å². The molecule has 1 aromatic heterocycles. The van der Waals surface area contributed by atoms with Gasteiger partial charge in [-0.3, -0.25) is 14.9 Å². The molecule has 8 heteroatoms. The van der Waals surface area contributed by atoms with Crippen LogP contribution in [0.5, 0.6) is 5.75 Å². The third-order valence-corrected chi connectivity index (χ3v) is 3.96. The molecule has 3 rings (SSSR count). The van der Waals surface area contributed by atoms with Crippen LogP contribution in [-0.4, -0.2) is 46.5 Å². The summed E-state index contributed by atoms with van der Waals surface area (Å²) in [6, 6.07) is 12.2. The second-order valence-corrected chi connectivity index (χ2v) is 5.73. The molecule has 1 amide bonds. The van der Waals surface area contributed by atoms with Crippen molar-refractivity contribution in [1.29, 1.82) is 0 Å². The lowest BCUT2D eigenvalue weighted by Crippen LogP contribution is -2.35. The molecule has 2 heterocycles. The number of pyridine rings is 1. The zero-order valence-corrected chi connectivity index (χ0v) is 13.5. The van der Waals surface area contributed by atoms with E-state index in [1.165, 1.54) is 12.3 Å². The number of anilines is 1. The van der Waals surface area contributed by atoms with E-state index < -0.39 is 4.92 Å². The van der Waals surface area contributed by atoms with Crippen LogP contribution in [0.15, 0.2) is 48.7 Å². The van der Waals surface area contributed by atoms with Gasteiger partial charge in [-0.25, -0.2) is 4.98 Å². The quantitative estimate of drug-likeness (QED) is 0.637. The molecule has 1 N–H and O–H groups in total. The maximum Gasteiger partial charge on any atom is 0.287 e. The normalized spacial score (nSPS) is 16.5. The van der Waals surface area contributed by atoms with Crippen molar-refractivity contribution in [2.75, 3.05) is 25.0 Å². The molecule has 0 saturated carbocycles. The second-order valence-electron chi connectivity index (χ2n) is 5.73. The van der Waals surface area contributed by atoms with Gasteiger partial charge >= 0.3 is 0 Å². The molecule has 130 valence electrons. The maximum atomic E-state index is 12.2. The van der Waals surface area contributed by atoms with Crippen LogP contribution in [-0.2, 0) is 4.79 Å². The summed E-state index contributed by atoms with van der Waals surface area (Å²) in [4.78, 5) is 28.1. The molecule has 8 nitrogen and oxygen atoms in total. The Bertz CT molecular complexity index is 736. The Morgan fingerprint density at radius 3 is 2.80 bits per heavy atom. The maximum absolute atomic E-state index is 12.2. The molecule has 1 atom stereocenters. The first kappa shape index (κ1) is 16.7. The van der Waals surface area contributed by atoms with Crippen molar-refractivity contribution in [3.05, 3.63) is 58.8 Å². The number of nitrogens with zero attached hydrogens (tertiary/aromatic N) is 3. The number of likely N-dealkylation sites (tertiary alicyclic amines) is 1. The van der Waals surface area contributed by atoms with Crippen LogP contribution >= 0.6 is 0 Å². The summed E-state index contributed by atoms with van der Waals surface area (Å²) in [6.07, 6.45) is 2.00. The van der Waals surface area contributed by atoms with Crippen LogP contribution in [0.2, 0.25) is 0 Å². The fraction of sp³-hybridized carbons (Fsp3) is 0.294. The van der Waals surface area contributed by atoms with Gasteiger partial charge in [-0.15, -0.1) is 0 Å². The van der Waals surface area contributed by atoms with Crippen molar-refractivity contribution in [3.63, 3.8) is 0 Å². The highest BCUT2D eigenvalue weighted by atomic mass is 16.6. The number of carbonyl (C=O) groups excluding carboxylic acids is 1. The average Bonchev–Trinajstić information content (AvgIpc) is 3.09. The van der Waals surface area contributed by atoms with E-state index in [2.05, 4.69) is 10.3 Å². The number of nitro groups is 1. The van der Waals surface area contributed by atoms with E-state index >= 15 is 0 Å². The molecule has 0 radical (unpaired) electrons. The molecule has 1 fully saturated rings. The predicted molar refractivity (Wildman–Crippen MR) is 91.4 cm³/mol. The molecule has 1 saturated heterocycles. The largest absolute Gasteiger partial charge is 0.484 e. The van der Waals surface area contributed by atoms with Crippen molar-refractivity contribution < 1.29 is 14.5 Å². The fourth-order valence-corrected chi connectivity index (χ4v) is 2.65. The highest BCUT2D eigenvalue weighted by Crippen LogP contribution is 2.17. The Balaban J connectivity index is 1.47. The molecule has 0 bridgehead atoms. The summed E-state index contributed by atoms with van der Waals surface area (Å²) >= 11 is 0. The van der Waals surface area contributed by atoms with Crippen LogP contribution in [0.3, 0.4) is 0 Å². The SMILES string of the molecule is O=C(COc1ccccc1)N1CC[C@@H](Nc2ccc([N+](=O)[O-])cn2)C1. The Morgan fingerprint density at radius 2 is 2.12 bits per heavy atom. The molecular formula is C17H18N4O4. The molecule has 0 aliphatic carbocycles. The van der Waals surface area contributed by atoms with Gasteiger partial charge in [-0.1, -0.05) is 18.2 Å². The number of amides is 1. The highest BCUT2D eigenvalue weighted by molar-refractivity contribution is 5.78. The number of hydrogen-bond acceptors (Lipinski definition) is 6. The molecule has 1 aliphatic heterocycles. The molecular weight excluding hydrogens is 324 g/mol. The van der Waals surface area contributed by atoms with Crippen LogP contribution < -0.4 is 10.1 Å². The van der Waals surface area contributed by atoms with E-state index in [1.54, 1.807) is 11.0 Å². The third-order valence-electron chi connectivity index (χ3n) is 3.96. The minimum atomic E-state index is -0.487. The molecule has 1 aromatic carbocycles. The first-order chi connectivity index (χ1) is 12.1. The zero-order chi connectivity index (χ0) is 17.6. The van der Waals surface area contributed by atoms with Crippen LogP contribution in [0.1, 0.15) is 6.42 Å². The Labute approximate surface area is 144 Å². The third kappa shape index (κ3) is 4.43. The van der Waals surface area contributed by atoms with E-state index in [0.29, 0.717) is 24.7 Å². The minimum absolute atomic E-state index is 0.00646. The van der Waals surface area contributed by atoms with E-state index in [0.717, 1.165) is 6.42 Å². The number of benzene rings is 1. The topological polar surface area (TPSA) is 97.6 Å². The summed E-state index contributed by atoms with van der Waals surface area (Å²) in [6.45, 7) is 1.20. The number of ether oxygens (including phenoxy) is 1. The number of carbonyl (C=O) groups is 1. The van der Waals surface area contributed by atoms with Crippen molar-refractivity contribution in [1.82, 2.24) is 9.88 Å². The van der Waals surface area contributed by atoms with Gasteiger partial charge in [-0.2, -0.15) is 0 Å². The predicted octanol–water partition coefficient (Wildman–Crippen LogP) is 2.08. The zero-order valence-electron chi connectivity index (χ0n) is 13.5. The van der Waals surface area contributed by atoms with Crippen LogP contribution in [0.25, 0.3) is 0 Å². The van der Waals surface area contributed by atoms with E-state index in [-0.39, 0.29) is 24.2 Å². The van der Waals surface area contributed by atoms with Crippen LogP contribution in [0.4, 0.5) is 11.5 Å². The molecule has 0 unspecified atom stereocenters. The van der Waals surface area contributed by atoms with E-state index in [1.807, 2.05) is 30.3 Å². The second kappa shape index (κ2) is 7.61. The van der Waals surface area contributed by atoms with Crippen molar-refractivity contribution in [2.24, 2.45) is 0 Å². The van der Waals surface area contributed by atoms with Crippen molar-refractivity contribution in [2.45, 2.75) is 12.5 Å². The van der Waals surface area contributed by atoms with Crippen molar-refractivity contribution in [3.8, 4) is 5.75 Å². The lowest BCUT2D eigenvalue weighted by Gasteiger charge is -2.17. The molecule has 0 spiro atoms. The lowest BCUT2D eigenvalue weighted by atomic mass is 10.2. The molecule has 1 aliphatic rings. The van der Waals surface area contributed by atoms with Gasteiger partial charge in [0.2, 0.25) is 0 Å². The Hall–Kier alpha value is -3.16. The number of hydrogen-bond donors (Lipinski definition) is 1. The summed E-state index contributed by atoms with van der Waals surface area (Å²) in [5.74, 6) is 1.16. The minimum Gasteiger partial charge on any atom is -0.484 e. The molecule has 2 aromatic rings. The molecule has 25 heavy (non-hydrogen) atoms. The van der Waals surface area contributed by atoms with Gasteiger partial charge < -0.3 is 15.0 Å². The number of para-hydroxylation sites is 1. The van der Waals surface area contributed by atoms with Crippen LogP contribution in [0, 0.1) is 10.1 Å². The van der Waals surface area contributed by atoms with E-state index in [4.69, 9.17) is 4.74 Å². The fourth-order valence-electron chi connectivity index (χ4n) is 2.65. The summed E-state index contributed by atoms with van der Waals surface area (Å²) in [5, 5.41) is 13.8. The first-order valence-corrected chi connectivity index (χ1v) is 7.94. The van der Waals surface area contributed by atoms with Gasteiger partial charge in [0.1, 0.15) is 17.8 Å². The van der Waals surface area contributed by atoms with Gasteiger partial charge in [0.05, 0.1) is 4.92 Å². The summed E-state index contributed by atoms with van der Waals surface area (Å²) < 4.78 is 5.48. The van der Waals surface area contributed by atoms with Gasteiger partial charge in [-0.05, 0) is 24.6 Å². The lowest BCUT2D eigenvalue weighted by molar-refractivity contribution is -0.385. The monoisotopic (exact) mass is 342 g/mol. The Kier molecular flexibility index (Phi) is 5.08. The summed E-state index contributed by atoms with van der Waals surface area (Å²) in [7, 11) is 0. The highest BCUT2D eigenvalue weighted by Gasteiger charge is 2.26. The number of rotatable bonds is 6. The average molecular weight is 342 g/mol.